The fraction of sp³-hybridized carbons (Fsp3) is 0.154. The van der Waals surface area contributed by atoms with E-state index in [4.69, 9.17) is 30.2 Å². The minimum Gasteiger partial charge on any atom is -0.493 e. The maximum atomic E-state index is 13.8. The molecule has 178 valence electrons. The lowest BCUT2D eigenvalue weighted by atomic mass is 9.97. The molecular formula is C26H19BrClNO6. The maximum absolute atomic E-state index is 13.8. The predicted octanol–water partition coefficient (Wildman–Crippen LogP) is 5.98. The Morgan fingerprint density at radius 3 is 2.17 bits per heavy atom. The summed E-state index contributed by atoms with van der Waals surface area (Å²) in [6, 6.07) is 14.6. The van der Waals surface area contributed by atoms with Crippen molar-refractivity contribution in [1.82, 2.24) is 0 Å². The average molecular weight is 557 g/mol. The number of ether oxygens (including phenoxy) is 3. The molecule has 7 nitrogen and oxygen atoms in total. The van der Waals surface area contributed by atoms with Gasteiger partial charge in [-0.05, 0) is 60.2 Å². The zero-order chi connectivity index (χ0) is 24.9. The molecule has 0 saturated heterocycles. The molecule has 2 heterocycles. The molecule has 3 aromatic carbocycles. The Bertz CT molecular complexity index is 1510. The first kappa shape index (κ1) is 23.3. The van der Waals surface area contributed by atoms with Crippen LogP contribution in [-0.4, -0.2) is 27.2 Å². The van der Waals surface area contributed by atoms with Crippen molar-refractivity contribution in [3.63, 3.8) is 0 Å². The van der Waals surface area contributed by atoms with Crippen LogP contribution in [0, 0.1) is 0 Å². The van der Waals surface area contributed by atoms with Crippen LogP contribution in [0.1, 0.15) is 27.7 Å². The summed E-state index contributed by atoms with van der Waals surface area (Å²) >= 11 is 9.59. The number of amides is 1. The number of hydrogen-bond donors (Lipinski definition) is 0. The zero-order valence-electron chi connectivity index (χ0n) is 18.9. The molecule has 0 spiro atoms. The fourth-order valence-electron chi connectivity index (χ4n) is 4.39. The fourth-order valence-corrected chi connectivity index (χ4v) is 4.82. The number of rotatable bonds is 5. The van der Waals surface area contributed by atoms with Crippen LogP contribution in [0.2, 0.25) is 5.02 Å². The summed E-state index contributed by atoms with van der Waals surface area (Å²) in [4.78, 5) is 29.0. The summed E-state index contributed by atoms with van der Waals surface area (Å²) in [5.74, 6) is 0.732. The normalized spacial score (nSPS) is 14.8. The maximum Gasteiger partial charge on any atom is 0.295 e. The minimum atomic E-state index is -0.813. The quantitative estimate of drug-likeness (QED) is 0.301. The third kappa shape index (κ3) is 3.73. The number of fused-ring (bicyclic) bond motifs is 2. The van der Waals surface area contributed by atoms with Crippen LogP contribution in [0.15, 0.2) is 68.3 Å². The summed E-state index contributed by atoms with van der Waals surface area (Å²) in [5.41, 5.74) is 1.33. The number of methoxy groups -OCH3 is 3. The average Bonchev–Trinajstić information content (AvgIpc) is 3.16. The van der Waals surface area contributed by atoms with Crippen molar-refractivity contribution in [2.75, 3.05) is 26.2 Å². The Morgan fingerprint density at radius 2 is 1.57 bits per heavy atom. The van der Waals surface area contributed by atoms with Gasteiger partial charge in [-0.15, -0.1) is 0 Å². The van der Waals surface area contributed by atoms with Gasteiger partial charge in [0.1, 0.15) is 5.58 Å². The van der Waals surface area contributed by atoms with Gasteiger partial charge in [-0.25, -0.2) is 0 Å². The first-order valence-corrected chi connectivity index (χ1v) is 11.7. The van der Waals surface area contributed by atoms with E-state index >= 15 is 0 Å². The molecule has 1 amide bonds. The minimum absolute atomic E-state index is 0.0218. The molecule has 0 radical (unpaired) electrons. The summed E-state index contributed by atoms with van der Waals surface area (Å²) in [6.45, 7) is 0. The molecule has 9 heteroatoms. The lowest BCUT2D eigenvalue weighted by Gasteiger charge is -2.26. The molecule has 1 aliphatic heterocycles. The van der Waals surface area contributed by atoms with Crippen LogP contribution in [-0.2, 0) is 0 Å². The molecule has 0 aliphatic carbocycles. The third-order valence-corrected chi connectivity index (χ3v) is 6.70. The standard InChI is InChI=1S/C26H19BrClNO6/c1-32-19-10-13(11-20(33-2)24(19)34-3)22-21-23(30)17-12-15(28)6-9-18(17)35-25(21)26(31)29(22)16-7-4-14(27)5-8-16/h4-12,22H,1-3H3. The van der Waals surface area contributed by atoms with Gasteiger partial charge in [0.05, 0.1) is 38.3 Å². The van der Waals surface area contributed by atoms with Gasteiger partial charge in [-0.1, -0.05) is 27.5 Å². The summed E-state index contributed by atoms with van der Waals surface area (Å²) in [5, 5.41) is 0.683. The number of carbonyl (C=O) groups is 1. The van der Waals surface area contributed by atoms with Crippen LogP contribution in [0.3, 0.4) is 0 Å². The van der Waals surface area contributed by atoms with E-state index in [2.05, 4.69) is 15.9 Å². The van der Waals surface area contributed by atoms with Crippen LogP contribution in [0.25, 0.3) is 11.0 Å². The van der Waals surface area contributed by atoms with Gasteiger partial charge in [0, 0.05) is 15.2 Å². The van der Waals surface area contributed by atoms with Gasteiger partial charge in [-0.2, -0.15) is 0 Å². The smallest absolute Gasteiger partial charge is 0.295 e. The molecule has 0 bridgehead atoms. The Hall–Kier alpha value is -3.49. The highest BCUT2D eigenvalue weighted by molar-refractivity contribution is 9.10. The first-order valence-electron chi connectivity index (χ1n) is 10.5. The van der Waals surface area contributed by atoms with E-state index < -0.39 is 11.9 Å². The Balaban J connectivity index is 1.84. The van der Waals surface area contributed by atoms with Crippen molar-refractivity contribution in [2.24, 2.45) is 0 Å². The molecule has 0 saturated carbocycles. The van der Waals surface area contributed by atoms with Crippen LogP contribution < -0.4 is 24.5 Å². The van der Waals surface area contributed by atoms with Gasteiger partial charge in [0.25, 0.3) is 5.91 Å². The van der Waals surface area contributed by atoms with E-state index in [9.17, 15) is 9.59 Å². The van der Waals surface area contributed by atoms with E-state index in [0.717, 1.165) is 4.47 Å². The highest BCUT2D eigenvalue weighted by atomic mass is 79.9. The second-order valence-corrected chi connectivity index (χ2v) is 9.18. The number of benzene rings is 3. The molecular weight excluding hydrogens is 538 g/mol. The Morgan fingerprint density at radius 1 is 0.914 bits per heavy atom. The van der Waals surface area contributed by atoms with Gasteiger partial charge >= 0.3 is 0 Å². The van der Waals surface area contributed by atoms with Crippen molar-refractivity contribution in [3.05, 3.63) is 91.2 Å². The Labute approximate surface area is 213 Å². The lowest BCUT2D eigenvalue weighted by Crippen LogP contribution is -2.29. The summed E-state index contributed by atoms with van der Waals surface area (Å²) < 4.78 is 23.4. The largest absolute Gasteiger partial charge is 0.493 e. The summed E-state index contributed by atoms with van der Waals surface area (Å²) in [7, 11) is 4.52. The highest BCUT2D eigenvalue weighted by Crippen LogP contribution is 2.46. The molecule has 4 aromatic rings. The number of halogens is 2. The molecule has 1 atom stereocenters. The van der Waals surface area contributed by atoms with Gasteiger partial charge in [0.15, 0.2) is 16.9 Å². The number of anilines is 1. The highest BCUT2D eigenvalue weighted by Gasteiger charge is 2.44. The van der Waals surface area contributed by atoms with E-state index in [1.807, 2.05) is 12.1 Å². The van der Waals surface area contributed by atoms with E-state index in [0.29, 0.717) is 38.9 Å². The van der Waals surface area contributed by atoms with Crippen molar-refractivity contribution < 1.29 is 23.4 Å². The molecule has 1 aliphatic rings. The van der Waals surface area contributed by atoms with E-state index in [1.165, 1.54) is 26.2 Å². The molecule has 1 aromatic heterocycles. The Kier molecular flexibility index (Phi) is 5.94. The first-order chi connectivity index (χ1) is 16.9. The molecule has 5 rings (SSSR count). The third-order valence-electron chi connectivity index (χ3n) is 5.94. The van der Waals surface area contributed by atoms with Gasteiger partial charge < -0.3 is 18.6 Å². The predicted molar refractivity (Wildman–Crippen MR) is 136 cm³/mol. The molecule has 35 heavy (non-hydrogen) atoms. The topological polar surface area (TPSA) is 78.2 Å². The van der Waals surface area contributed by atoms with Gasteiger partial charge in [-0.3, -0.25) is 14.5 Å². The second kappa shape index (κ2) is 8.94. The van der Waals surface area contributed by atoms with E-state index in [1.54, 1.807) is 42.5 Å². The number of carbonyl (C=O) groups excluding carboxylic acids is 1. The summed E-state index contributed by atoms with van der Waals surface area (Å²) in [6.07, 6.45) is 0. The van der Waals surface area contributed by atoms with E-state index in [-0.39, 0.29) is 22.3 Å². The zero-order valence-corrected chi connectivity index (χ0v) is 21.3. The van der Waals surface area contributed by atoms with Crippen LogP contribution in [0.5, 0.6) is 17.2 Å². The molecule has 1 unspecified atom stereocenters. The molecule has 0 fully saturated rings. The second-order valence-electron chi connectivity index (χ2n) is 7.83. The van der Waals surface area contributed by atoms with Crippen LogP contribution >= 0.6 is 27.5 Å². The van der Waals surface area contributed by atoms with Crippen LogP contribution in [0.4, 0.5) is 5.69 Å². The SMILES string of the molecule is COc1cc(C2c3c(oc4ccc(Cl)cc4c3=O)C(=O)N2c2ccc(Br)cc2)cc(OC)c1OC. The lowest BCUT2D eigenvalue weighted by molar-refractivity contribution is 0.0971. The van der Waals surface area contributed by atoms with Crippen molar-refractivity contribution in [3.8, 4) is 17.2 Å². The van der Waals surface area contributed by atoms with Crippen molar-refractivity contribution in [2.45, 2.75) is 6.04 Å². The van der Waals surface area contributed by atoms with Crippen molar-refractivity contribution >= 4 is 50.1 Å². The molecule has 0 N–H and O–H groups in total. The van der Waals surface area contributed by atoms with Crippen molar-refractivity contribution in [1.29, 1.82) is 0 Å². The number of nitrogens with zero attached hydrogens (tertiary/aromatic N) is 1. The van der Waals surface area contributed by atoms with Gasteiger partial charge in [0.2, 0.25) is 11.5 Å². The number of hydrogen-bond acceptors (Lipinski definition) is 6. The monoisotopic (exact) mass is 555 g/mol.